The van der Waals surface area contributed by atoms with Gasteiger partial charge in [0, 0.05) is 18.7 Å². The molecule has 3 aromatic rings. The van der Waals surface area contributed by atoms with Crippen LogP contribution in [0, 0.1) is 0 Å². The summed E-state index contributed by atoms with van der Waals surface area (Å²) in [6.07, 6.45) is 2.66. The Morgan fingerprint density at radius 1 is 1.03 bits per heavy atom. The normalized spacial score (nSPS) is 16.7. The van der Waals surface area contributed by atoms with Gasteiger partial charge in [0.2, 0.25) is 17.5 Å². The van der Waals surface area contributed by atoms with Gasteiger partial charge in [-0.25, -0.2) is 0 Å². The number of aromatic nitrogens is 2. The highest BCUT2D eigenvalue weighted by Gasteiger charge is 2.37. The minimum absolute atomic E-state index is 0.286. The highest BCUT2D eigenvalue weighted by Crippen LogP contribution is 2.41. The summed E-state index contributed by atoms with van der Waals surface area (Å²) in [5.74, 6) is 1.80. The molecule has 0 bridgehead atoms. The molecule has 0 radical (unpaired) electrons. The Hall–Kier alpha value is -3.31. The minimum atomic E-state index is -3.95. The Morgan fingerprint density at radius 2 is 1.74 bits per heavy atom. The molecule has 2 heterocycles. The van der Waals surface area contributed by atoms with Crippen molar-refractivity contribution in [1.29, 1.82) is 0 Å². The fourth-order valence-corrected chi connectivity index (χ4v) is 5.46. The second-order valence-electron chi connectivity index (χ2n) is 7.84. The van der Waals surface area contributed by atoms with Gasteiger partial charge in [0.05, 0.1) is 33.4 Å². The molecule has 4 rings (SSSR count). The standard InChI is InChI=1S/C23H28N4O6S/c1-30-19-14-17(15-20(31-2)22(19)32-3)26-34(28,29)27-12-8-7-11-18(27)23-25-24-21(33-23)13-16-9-5-4-6-10-16/h4-6,9-10,14-15,18,26H,7-8,11-13H2,1-3H3. The molecular formula is C23H28N4O6S. The van der Waals surface area contributed by atoms with Crippen molar-refractivity contribution < 1.29 is 27.0 Å². The lowest BCUT2D eigenvalue weighted by atomic mass is 10.1. The summed E-state index contributed by atoms with van der Waals surface area (Å²) in [5.41, 5.74) is 1.32. The lowest BCUT2D eigenvalue weighted by Crippen LogP contribution is -2.41. The maximum Gasteiger partial charge on any atom is 0.302 e. The zero-order chi connectivity index (χ0) is 24.1. The van der Waals surface area contributed by atoms with Crippen molar-refractivity contribution in [3.63, 3.8) is 0 Å². The van der Waals surface area contributed by atoms with Crippen LogP contribution in [0.25, 0.3) is 0 Å². The van der Waals surface area contributed by atoms with E-state index in [9.17, 15) is 8.42 Å². The molecule has 1 saturated heterocycles. The van der Waals surface area contributed by atoms with E-state index in [4.69, 9.17) is 18.6 Å². The predicted molar refractivity (Wildman–Crippen MR) is 125 cm³/mol. The van der Waals surface area contributed by atoms with E-state index < -0.39 is 16.3 Å². The van der Waals surface area contributed by atoms with Gasteiger partial charge in [-0.2, -0.15) is 12.7 Å². The lowest BCUT2D eigenvalue weighted by Gasteiger charge is -2.32. The Kier molecular flexibility index (Phi) is 7.23. The number of nitrogens with one attached hydrogen (secondary N) is 1. The van der Waals surface area contributed by atoms with Crippen molar-refractivity contribution in [1.82, 2.24) is 14.5 Å². The van der Waals surface area contributed by atoms with E-state index in [2.05, 4.69) is 14.9 Å². The molecule has 0 aliphatic carbocycles. The summed E-state index contributed by atoms with van der Waals surface area (Å²) in [7, 11) is 0.478. The fourth-order valence-electron chi connectivity index (χ4n) is 4.03. The average molecular weight is 489 g/mol. The van der Waals surface area contributed by atoms with Crippen LogP contribution in [-0.2, 0) is 16.6 Å². The Bertz CT molecular complexity index is 1190. The van der Waals surface area contributed by atoms with Gasteiger partial charge < -0.3 is 18.6 Å². The third-order valence-electron chi connectivity index (χ3n) is 5.64. The van der Waals surface area contributed by atoms with Crippen molar-refractivity contribution in [3.05, 3.63) is 59.8 Å². The van der Waals surface area contributed by atoms with Crippen LogP contribution >= 0.6 is 0 Å². The van der Waals surface area contributed by atoms with Gasteiger partial charge in [-0.1, -0.05) is 36.8 Å². The maximum absolute atomic E-state index is 13.4. The SMILES string of the molecule is COc1cc(NS(=O)(=O)N2CCCCC2c2nnc(Cc3ccccc3)o2)cc(OC)c1OC. The first kappa shape index (κ1) is 23.8. The number of methoxy groups -OCH3 is 3. The summed E-state index contributed by atoms with van der Waals surface area (Å²) in [4.78, 5) is 0. The molecule has 1 N–H and O–H groups in total. The van der Waals surface area contributed by atoms with E-state index in [1.807, 2.05) is 30.3 Å². The first-order chi connectivity index (χ1) is 16.4. The second kappa shape index (κ2) is 10.3. The van der Waals surface area contributed by atoms with Crippen LogP contribution in [0.1, 0.15) is 42.6 Å². The number of hydrogen-bond acceptors (Lipinski definition) is 8. The number of nitrogens with zero attached hydrogens (tertiary/aromatic N) is 3. The summed E-state index contributed by atoms with van der Waals surface area (Å²) >= 11 is 0. The molecule has 1 fully saturated rings. The number of rotatable bonds is 9. The molecule has 2 aromatic carbocycles. The second-order valence-corrected chi connectivity index (χ2v) is 9.46. The van der Waals surface area contributed by atoms with Gasteiger partial charge in [-0.3, -0.25) is 4.72 Å². The monoisotopic (exact) mass is 488 g/mol. The van der Waals surface area contributed by atoms with Gasteiger partial charge in [0.25, 0.3) is 0 Å². The molecule has 1 aromatic heterocycles. The van der Waals surface area contributed by atoms with Gasteiger partial charge in [-0.05, 0) is 18.4 Å². The van der Waals surface area contributed by atoms with E-state index >= 15 is 0 Å². The smallest absolute Gasteiger partial charge is 0.302 e. The average Bonchev–Trinajstić information content (AvgIpc) is 3.32. The van der Waals surface area contributed by atoms with Gasteiger partial charge >= 0.3 is 10.2 Å². The molecule has 11 heteroatoms. The topological polar surface area (TPSA) is 116 Å². The van der Waals surface area contributed by atoms with Crippen LogP contribution in [0.5, 0.6) is 17.2 Å². The molecule has 10 nitrogen and oxygen atoms in total. The predicted octanol–water partition coefficient (Wildman–Crippen LogP) is 3.57. The van der Waals surface area contributed by atoms with Crippen molar-refractivity contribution in [3.8, 4) is 17.2 Å². The molecule has 0 spiro atoms. The zero-order valence-corrected chi connectivity index (χ0v) is 20.2. The molecule has 1 atom stereocenters. The number of benzene rings is 2. The van der Waals surface area contributed by atoms with Crippen LogP contribution in [0.15, 0.2) is 46.9 Å². The zero-order valence-electron chi connectivity index (χ0n) is 19.4. The summed E-state index contributed by atoms with van der Waals surface area (Å²) in [5, 5.41) is 8.32. The summed E-state index contributed by atoms with van der Waals surface area (Å²) < 4.78 is 52.7. The molecule has 0 amide bonds. The summed E-state index contributed by atoms with van der Waals surface area (Å²) in [6.45, 7) is 0.334. The van der Waals surface area contributed by atoms with E-state index in [0.717, 1.165) is 18.4 Å². The molecule has 0 saturated carbocycles. The van der Waals surface area contributed by atoms with Crippen molar-refractivity contribution >= 4 is 15.9 Å². The highest BCUT2D eigenvalue weighted by atomic mass is 32.2. The number of hydrogen-bond donors (Lipinski definition) is 1. The molecule has 1 unspecified atom stereocenters. The van der Waals surface area contributed by atoms with Crippen molar-refractivity contribution in [2.75, 3.05) is 32.6 Å². The molecular weight excluding hydrogens is 460 g/mol. The highest BCUT2D eigenvalue weighted by molar-refractivity contribution is 7.90. The van der Waals surface area contributed by atoms with Crippen molar-refractivity contribution in [2.24, 2.45) is 0 Å². The Balaban J connectivity index is 1.57. The minimum Gasteiger partial charge on any atom is -0.493 e. The number of anilines is 1. The third-order valence-corrected chi connectivity index (χ3v) is 7.19. The molecule has 34 heavy (non-hydrogen) atoms. The van der Waals surface area contributed by atoms with Gasteiger partial charge in [-0.15, -0.1) is 10.2 Å². The number of ether oxygens (including phenoxy) is 3. The van der Waals surface area contributed by atoms with Crippen LogP contribution in [0.3, 0.4) is 0 Å². The maximum atomic E-state index is 13.4. The molecule has 1 aliphatic heterocycles. The Labute approximate surface area is 199 Å². The van der Waals surface area contributed by atoms with Crippen molar-refractivity contribution in [2.45, 2.75) is 31.7 Å². The first-order valence-electron chi connectivity index (χ1n) is 10.9. The Morgan fingerprint density at radius 3 is 2.38 bits per heavy atom. The summed E-state index contributed by atoms with van der Waals surface area (Å²) in [6, 6.07) is 12.3. The van der Waals surface area contributed by atoms with Crippen LogP contribution < -0.4 is 18.9 Å². The lowest BCUT2D eigenvalue weighted by molar-refractivity contribution is 0.218. The van der Waals surface area contributed by atoms with E-state index in [-0.39, 0.29) is 5.69 Å². The quantitative estimate of drug-likeness (QED) is 0.486. The van der Waals surface area contributed by atoms with Gasteiger partial charge in [0.15, 0.2) is 11.5 Å². The fraction of sp³-hybridized carbons (Fsp3) is 0.391. The van der Waals surface area contributed by atoms with E-state index in [1.165, 1.54) is 25.6 Å². The van der Waals surface area contributed by atoms with Gasteiger partial charge in [0.1, 0.15) is 6.04 Å². The van der Waals surface area contributed by atoms with Crippen LogP contribution in [0.4, 0.5) is 5.69 Å². The molecule has 182 valence electrons. The largest absolute Gasteiger partial charge is 0.493 e. The number of piperidine rings is 1. The van der Waals surface area contributed by atoms with E-state index in [0.29, 0.717) is 48.4 Å². The van der Waals surface area contributed by atoms with E-state index in [1.54, 1.807) is 12.1 Å². The van der Waals surface area contributed by atoms with Crippen LogP contribution in [0.2, 0.25) is 0 Å². The third kappa shape index (κ3) is 5.10. The first-order valence-corrected chi connectivity index (χ1v) is 12.3. The van der Waals surface area contributed by atoms with Crippen LogP contribution in [-0.4, -0.2) is 50.8 Å². The molecule has 1 aliphatic rings.